The number of piperidine rings is 1. The Labute approximate surface area is 196 Å². The van der Waals surface area contributed by atoms with Gasteiger partial charge in [-0.2, -0.15) is 0 Å². The number of fused-ring (bicyclic) bond motifs is 2. The number of hydrogen-bond acceptors (Lipinski definition) is 7. The van der Waals surface area contributed by atoms with Gasteiger partial charge in [0.1, 0.15) is 5.75 Å². The van der Waals surface area contributed by atoms with Crippen LogP contribution in [-0.2, 0) is 19.3 Å². The molecule has 2 bridgehead atoms. The normalized spacial score (nSPS) is 29.8. The van der Waals surface area contributed by atoms with Gasteiger partial charge in [-0.3, -0.25) is 0 Å². The maximum atomic E-state index is 12.5. The number of carbonyl (C=O) groups excluding carboxylic acids is 1. The zero-order chi connectivity index (χ0) is 23.8. The maximum Gasteiger partial charge on any atom is 0.410 e. The predicted molar refractivity (Wildman–Crippen MR) is 123 cm³/mol. The van der Waals surface area contributed by atoms with Crippen molar-refractivity contribution in [2.75, 3.05) is 6.26 Å². The molecule has 9 heteroatoms. The topological polar surface area (TPSA) is 95.0 Å². The Morgan fingerprint density at radius 2 is 1.61 bits per heavy atom. The molecule has 1 amide bonds. The number of aryl methyl sites for hydroxylation is 1. The fourth-order valence-corrected chi connectivity index (χ4v) is 6.01. The van der Waals surface area contributed by atoms with E-state index in [1.54, 1.807) is 13.0 Å². The van der Waals surface area contributed by atoms with Gasteiger partial charge in [-0.15, -0.1) is 0 Å². The molecule has 1 saturated carbocycles. The van der Waals surface area contributed by atoms with E-state index in [0.717, 1.165) is 57.6 Å². The molecule has 33 heavy (non-hydrogen) atoms. The standard InChI is InChI=1S/C24H36N2O6S/c1-15(2)30-24(27)26-17-5-6-18(26)14-21(13-17)31-19-7-9-20(10-8-19)32-22-11-12-23(25-16(22)3)33(4,28)29/h11-12,15,17-21H,5-10,13-14H2,1-4H3/t17-,18+,19-,20-,21-. The Hall–Kier alpha value is -1.87. The number of hydrogen-bond donors (Lipinski definition) is 0. The summed E-state index contributed by atoms with van der Waals surface area (Å²) in [6, 6.07) is 3.66. The van der Waals surface area contributed by atoms with Crippen LogP contribution in [0.2, 0.25) is 0 Å². The van der Waals surface area contributed by atoms with E-state index in [0.29, 0.717) is 11.4 Å². The number of ether oxygens (including phenoxy) is 3. The molecule has 0 unspecified atom stereocenters. The van der Waals surface area contributed by atoms with E-state index in [4.69, 9.17) is 14.2 Å². The van der Waals surface area contributed by atoms with Crippen molar-refractivity contribution in [1.82, 2.24) is 9.88 Å². The maximum absolute atomic E-state index is 12.5. The summed E-state index contributed by atoms with van der Waals surface area (Å²) in [5.41, 5.74) is 0.592. The molecule has 2 aliphatic heterocycles. The van der Waals surface area contributed by atoms with E-state index < -0.39 is 9.84 Å². The molecule has 0 radical (unpaired) electrons. The molecule has 1 aromatic heterocycles. The zero-order valence-electron chi connectivity index (χ0n) is 20.0. The number of nitrogens with zero attached hydrogens (tertiary/aromatic N) is 2. The van der Waals surface area contributed by atoms with Crippen molar-refractivity contribution in [3.63, 3.8) is 0 Å². The zero-order valence-corrected chi connectivity index (χ0v) is 20.8. The van der Waals surface area contributed by atoms with Gasteiger partial charge in [-0.05, 0) is 84.3 Å². The molecular formula is C24H36N2O6S. The molecule has 3 atom stereocenters. The van der Waals surface area contributed by atoms with Crippen LogP contribution >= 0.6 is 0 Å². The van der Waals surface area contributed by atoms with Crippen LogP contribution in [0, 0.1) is 6.92 Å². The molecule has 4 rings (SSSR count). The SMILES string of the molecule is Cc1nc(S(C)(=O)=O)ccc1O[C@H]1CC[C@H](O[C@@H]2C[C@H]3CC[C@@H](C2)N3C(=O)OC(C)C)CC1. The average molecular weight is 481 g/mol. The summed E-state index contributed by atoms with van der Waals surface area (Å²) in [5, 5.41) is 0.0712. The number of amides is 1. The summed E-state index contributed by atoms with van der Waals surface area (Å²) in [4.78, 5) is 18.6. The van der Waals surface area contributed by atoms with Crippen molar-refractivity contribution in [3.05, 3.63) is 17.8 Å². The van der Waals surface area contributed by atoms with E-state index in [2.05, 4.69) is 4.98 Å². The number of aromatic nitrogens is 1. The first-order chi connectivity index (χ1) is 15.6. The summed E-state index contributed by atoms with van der Waals surface area (Å²) in [6.07, 6.45) is 8.87. The summed E-state index contributed by atoms with van der Waals surface area (Å²) in [5.74, 6) is 0.643. The lowest BCUT2D eigenvalue weighted by atomic mass is 9.93. The first-order valence-corrected chi connectivity index (χ1v) is 14.0. The van der Waals surface area contributed by atoms with Crippen LogP contribution in [0.15, 0.2) is 17.2 Å². The molecule has 3 aliphatic rings. The molecule has 3 fully saturated rings. The Morgan fingerprint density at radius 1 is 1.00 bits per heavy atom. The lowest BCUT2D eigenvalue weighted by Crippen LogP contribution is -2.50. The molecular weight excluding hydrogens is 444 g/mol. The number of rotatable bonds is 6. The highest BCUT2D eigenvalue weighted by Crippen LogP contribution is 2.39. The van der Waals surface area contributed by atoms with E-state index in [9.17, 15) is 13.2 Å². The van der Waals surface area contributed by atoms with Crippen molar-refractivity contribution in [2.45, 2.75) is 114 Å². The number of carbonyl (C=O) groups is 1. The highest BCUT2D eigenvalue weighted by Gasteiger charge is 2.45. The van der Waals surface area contributed by atoms with Gasteiger partial charge in [-0.25, -0.2) is 18.2 Å². The van der Waals surface area contributed by atoms with Gasteiger partial charge in [0.2, 0.25) is 0 Å². The van der Waals surface area contributed by atoms with Gasteiger partial charge in [-0.1, -0.05) is 0 Å². The van der Waals surface area contributed by atoms with Crippen LogP contribution in [0.1, 0.15) is 70.9 Å². The van der Waals surface area contributed by atoms with Gasteiger partial charge in [0.05, 0.1) is 30.1 Å². The molecule has 184 valence electrons. The number of pyridine rings is 1. The smallest absolute Gasteiger partial charge is 0.410 e. The molecule has 8 nitrogen and oxygen atoms in total. The molecule has 0 N–H and O–H groups in total. The third kappa shape index (κ3) is 5.80. The van der Waals surface area contributed by atoms with Crippen LogP contribution in [0.3, 0.4) is 0 Å². The van der Waals surface area contributed by atoms with Crippen LogP contribution < -0.4 is 4.74 Å². The van der Waals surface area contributed by atoms with E-state index in [1.807, 2.05) is 18.7 Å². The van der Waals surface area contributed by atoms with Crippen molar-refractivity contribution < 1.29 is 27.4 Å². The summed E-state index contributed by atoms with van der Waals surface area (Å²) in [6.45, 7) is 5.55. The lowest BCUT2D eigenvalue weighted by Gasteiger charge is -2.40. The fraction of sp³-hybridized carbons (Fsp3) is 0.750. The van der Waals surface area contributed by atoms with Crippen LogP contribution in [0.4, 0.5) is 4.79 Å². The highest BCUT2D eigenvalue weighted by atomic mass is 32.2. The first-order valence-electron chi connectivity index (χ1n) is 12.1. The van der Waals surface area contributed by atoms with Gasteiger partial charge in [0.15, 0.2) is 14.9 Å². The van der Waals surface area contributed by atoms with Gasteiger partial charge >= 0.3 is 6.09 Å². The van der Waals surface area contributed by atoms with E-state index in [1.165, 1.54) is 6.07 Å². The third-order valence-electron chi connectivity index (χ3n) is 6.93. The van der Waals surface area contributed by atoms with E-state index in [-0.39, 0.29) is 47.6 Å². The van der Waals surface area contributed by atoms with Crippen LogP contribution in [-0.4, -0.2) is 67.2 Å². The fourth-order valence-electron chi connectivity index (χ4n) is 5.39. The minimum atomic E-state index is -3.33. The second kappa shape index (κ2) is 9.78. The van der Waals surface area contributed by atoms with E-state index >= 15 is 0 Å². The molecule has 0 aromatic carbocycles. The van der Waals surface area contributed by atoms with Crippen molar-refractivity contribution in [1.29, 1.82) is 0 Å². The predicted octanol–water partition coefficient (Wildman–Crippen LogP) is 4.04. The van der Waals surface area contributed by atoms with Crippen molar-refractivity contribution >= 4 is 15.9 Å². The Bertz CT molecular complexity index is 944. The second-order valence-electron chi connectivity index (χ2n) is 9.98. The molecule has 1 aromatic rings. The minimum Gasteiger partial charge on any atom is -0.489 e. The van der Waals surface area contributed by atoms with Gasteiger partial charge in [0.25, 0.3) is 0 Å². The highest BCUT2D eigenvalue weighted by molar-refractivity contribution is 7.90. The van der Waals surface area contributed by atoms with Crippen molar-refractivity contribution in [3.8, 4) is 5.75 Å². The Kier molecular flexibility index (Phi) is 7.19. The van der Waals surface area contributed by atoms with Crippen LogP contribution in [0.5, 0.6) is 5.75 Å². The lowest BCUT2D eigenvalue weighted by molar-refractivity contribution is -0.0787. The quantitative estimate of drug-likeness (QED) is 0.606. The van der Waals surface area contributed by atoms with Crippen LogP contribution in [0.25, 0.3) is 0 Å². The third-order valence-corrected chi connectivity index (χ3v) is 7.92. The summed E-state index contributed by atoms with van der Waals surface area (Å²) < 4.78 is 41.4. The Balaban J connectivity index is 1.25. The monoisotopic (exact) mass is 480 g/mol. The average Bonchev–Trinajstić information content (AvgIpc) is 3.00. The molecule has 2 saturated heterocycles. The summed E-state index contributed by atoms with van der Waals surface area (Å²) >= 11 is 0. The van der Waals surface area contributed by atoms with Gasteiger partial charge in [0, 0.05) is 18.3 Å². The largest absolute Gasteiger partial charge is 0.489 e. The van der Waals surface area contributed by atoms with Crippen molar-refractivity contribution in [2.24, 2.45) is 0 Å². The molecule has 3 heterocycles. The molecule has 0 spiro atoms. The molecule has 1 aliphatic carbocycles. The van der Waals surface area contributed by atoms with Gasteiger partial charge < -0.3 is 19.1 Å². The Morgan fingerprint density at radius 3 is 2.15 bits per heavy atom. The summed E-state index contributed by atoms with van der Waals surface area (Å²) in [7, 11) is -3.33. The number of sulfone groups is 1. The first kappa shape index (κ1) is 24.3. The minimum absolute atomic E-state index is 0.0712. The second-order valence-corrected chi connectivity index (χ2v) is 11.9.